The van der Waals surface area contributed by atoms with Crippen LogP contribution in [0.15, 0.2) is 42.5 Å². The Balaban J connectivity index is 2.15. The molecule has 0 aliphatic carbocycles. The van der Waals surface area contributed by atoms with Crippen LogP contribution >= 0.6 is 42.4 Å². The van der Waals surface area contributed by atoms with E-state index in [9.17, 15) is 19.1 Å². The van der Waals surface area contributed by atoms with Crippen molar-refractivity contribution in [3.63, 3.8) is 0 Å². The van der Waals surface area contributed by atoms with Crippen molar-refractivity contribution < 1.29 is 24.0 Å². The molecule has 0 aromatic heterocycles. The molecule has 0 spiro atoms. The lowest BCUT2D eigenvalue weighted by Gasteiger charge is -2.27. The first-order valence-electron chi connectivity index (χ1n) is 8.69. The lowest BCUT2D eigenvalue weighted by atomic mass is 10.1. The maximum Gasteiger partial charge on any atom is 0.333 e. The Labute approximate surface area is 184 Å². The summed E-state index contributed by atoms with van der Waals surface area (Å²) >= 11 is 17.8. The molecule has 1 amide bonds. The van der Waals surface area contributed by atoms with Crippen LogP contribution < -0.4 is 0 Å². The summed E-state index contributed by atoms with van der Waals surface area (Å²) in [4.78, 5) is 37.3. The minimum Gasteiger partial charge on any atom is -0.324 e. The Morgan fingerprint density at radius 1 is 1.07 bits per heavy atom. The Morgan fingerprint density at radius 3 is 2.17 bits per heavy atom. The number of hydroxylamine groups is 2. The van der Waals surface area contributed by atoms with Crippen LogP contribution in [0.2, 0.25) is 15.1 Å². The highest BCUT2D eigenvalue weighted by atomic mass is 35.5. The second-order valence-corrected chi connectivity index (χ2v) is 9.54. The van der Waals surface area contributed by atoms with Crippen molar-refractivity contribution in [2.45, 2.75) is 32.0 Å². The van der Waals surface area contributed by atoms with Crippen LogP contribution in [0.25, 0.3) is 0 Å². The molecule has 0 fully saturated rings. The van der Waals surface area contributed by atoms with Gasteiger partial charge in [0.15, 0.2) is 0 Å². The lowest BCUT2D eigenvalue weighted by molar-refractivity contribution is -0.203. The summed E-state index contributed by atoms with van der Waals surface area (Å²) in [7, 11) is -4.53. The molecule has 2 atom stereocenters. The molecule has 0 saturated carbocycles. The zero-order valence-corrected chi connectivity index (χ0v) is 18.9. The molecule has 0 saturated heterocycles. The van der Waals surface area contributed by atoms with Gasteiger partial charge in [0.25, 0.3) is 0 Å². The number of amides is 1. The monoisotopic (exact) mass is 479 g/mol. The van der Waals surface area contributed by atoms with Crippen molar-refractivity contribution >= 4 is 48.3 Å². The van der Waals surface area contributed by atoms with E-state index in [2.05, 4.69) is 0 Å². The number of hydrogen-bond acceptors (Lipinski definition) is 3. The first kappa shape index (κ1) is 24.2. The molecule has 2 unspecified atom stereocenters. The minimum atomic E-state index is -4.53. The Morgan fingerprint density at radius 2 is 1.66 bits per heavy atom. The highest BCUT2D eigenvalue weighted by molar-refractivity contribution is 7.52. The summed E-state index contributed by atoms with van der Waals surface area (Å²) in [5, 5.41) is 2.15. The van der Waals surface area contributed by atoms with E-state index in [1.165, 1.54) is 25.1 Å². The fraction of sp³-hybridized carbons (Fsp3) is 0.316. The zero-order valence-electron chi connectivity index (χ0n) is 15.8. The van der Waals surface area contributed by atoms with E-state index in [1.807, 2.05) is 0 Å². The number of benzene rings is 2. The molecule has 6 nitrogen and oxygen atoms in total. The van der Waals surface area contributed by atoms with Gasteiger partial charge in [-0.25, -0.2) is 5.06 Å². The minimum absolute atomic E-state index is 0.0245. The van der Waals surface area contributed by atoms with Crippen molar-refractivity contribution in [2.75, 3.05) is 6.54 Å². The fourth-order valence-electron chi connectivity index (χ4n) is 2.76. The average molecular weight is 481 g/mol. The molecule has 158 valence electrons. The van der Waals surface area contributed by atoms with E-state index in [4.69, 9.17) is 39.6 Å². The number of halogens is 3. The molecule has 0 heterocycles. The van der Waals surface area contributed by atoms with Gasteiger partial charge in [-0.1, -0.05) is 53.0 Å². The molecule has 2 aromatic rings. The molecular weight excluding hydrogens is 460 g/mol. The van der Waals surface area contributed by atoms with Gasteiger partial charge in [0.1, 0.15) is 6.10 Å². The first-order valence-corrected chi connectivity index (χ1v) is 11.5. The molecular formula is C19H21Cl3NO5P. The van der Waals surface area contributed by atoms with Gasteiger partial charge in [-0.3, -0.25) is 14.2 Å². The van der Waals surface area contributed by atoms with Gasteiger partial charge in [-0.15, -0.1) is 0 Å². The third kappa shape index (κ3) is 6.97. The van der Waals surface area contributed by atoms with E-state index in [1.54, 1.807) is 31.2 Å². The number of nitrogens with zero attached hydrogens (tertiary/aromatic N) is 1. The summed E-state index contributed by atoms with van der Waals surface area (Å²) in [6, 6.07) is 11.4. The topological polar surface area (TPSA) is 87.1 Å². The van der Waals surface area contributed by atoms with Gasteiger partial charge in [0.2, 0.25) is 5.91 Å². The molecule has 0 aliphatic heterocycles. The van der Waals surface area contributed by atoms with E-state index in [0.717, 1.165) is 10.6 Å². The van der Waals surface area contributed by atoms with Gasteiger partial charge < -0.3 is 9.79 Å². The maximum absolute atomic E-state index is 12.0. The van der Waals surface area contributed by atoms with Crippen LogP contribution in [0.3, 0.4) is 0 Å². The molecule has 0 bridgehead atoms. The summed E-state index contributed by atoms with van der Waals surface area (Å²) < 4.78 is 12.0. The van der Waals surface area contributed by atoms with Crippen molar-refractivity contribution in [1.29, 1.82) is 0 Å². The second kappa shape index (κ2) is 10.3. The van der Waals surface area contributed by atoms with E-state index in [-0.39, 0.29) is 28.9 Å². The van der Waals surface area contributed by atoms with Gasteiger partial charge in [0, 0.05) is 18.5 Å². The Hall–Kier alpha value is -1.11. The lowest BCUT2D eigenvalue weighted by Crippen LogP contribution is -2.32. The predicted molar refractivity (Wildman–Crippen MR) is 114 cm³/mol. The Kier molecular flexibility index (Phi) is 8.56. The van der Waals surface area contributed by atoms with Gasteiger partial charge in [-0.05, 0) is 48.7 Å². The number of rotatable bonds is 8. The molecule has 29 heavy (non-hydrogen) atoms. The van der Waals surface area contributed by atoms with Crippen molar-refractivity contribution in [1.82, 2.24) is 5.06 Å². The number of carbonyl (C=O) groups is 1. The van der Waals surface area contributed by atoms with Crippen molar-refractivity contribution in [3.05, 3.63) is 68.7 Å². The van der Waals surface area contributed by atoms with Crippen LogP contribution in [0.5, 0.6) is 0 Å². The van der Waals surface area contributed by atoms with Gasteiger partial charge in [-0.2, -0.15) is 0 Å². The van der Waals surface area contributed by atoms with Crippen molar-refractivity contribution in [3.8, 4) is 0 Å². The van der Waals surface area contributed by atoms with E-state index >= 15 is 0 Å². The quantitative estimate of drug-likeness (QED) is 0.368. The van der Waals surface area contributed by atoms with Crippen LogP contribution in [0.4, 0.5) is 0 Å². The predicted octanol–water partition coefficient (Wildman–Crippen LogP) is 5.80. The molecule has 0 radical (unpaired) electrons. The first-order chi connectivity index (χ1) is 13.5. The number of carbonyl (C=O) groups excluding carboxylic acids is 1. The third-order valence-electron chi connectivity index (χ3n) is 4.32. The third-order valence-corrected chi connectivity index (χ3v) is 6.68. The van der Waals surface area contributed by atoms with E-state index < -0.39 is 19.4 Å². The summed E-state index contributed by atoms with van der Waals surface area (Å²) in [5.74, 6) is -0.385. The van der Waals surface area contributed by atoms with E-state index in [0.29, 0.717) is 10.6 Å². The highest BCUT2D eigenvalue weighted by Crippen LogP contribution is 2.54. The largest absolute Gasteiger partial charge is 0.333 e. The molecule has 2 N–H and O–H groups in total. The molecule has 2 aromatic carbocycles. The maximum atomic E-state index is 12.0. The molecule has 10 heteroatoms. The molecule has 2 rings (SSSR count). The Bertz CT molecular complexity index is 903. The van der Waals surface area contributed by atoms with Crippen molar-refractivity contribution in [2.24, 2.45) is 0 Å². The fourth-order valence-corrected chi connectivity index (χ4v) is 4.19. The van der Waals surface area contributed by atoms with Crippen LogP contribution in [0, 0.1) is 0 Å². The van der Waals surface area contributed by atoms with Crippen LogP contribution in [-0.4, -0.2) is 27.3 Å². The summed E-state index contributed by atoms with van der Waals surface area (Å²) in [6.45, 7) is 3.06. The zero-order chi connectivity index (χ0) is 21.8. The smallest absolute Gasteiger partial charge is 0.324 e. The number of hydrogen-bond donors (Lipinski definition) is 2. The molecule has 0 aliphatic rings. The van der Waals surface area contributed by atoms with Gasteiger partial charge in [0.05, 0.1) is 15.7 Å². The summed E-state index contributed by atoms with van der Waals surface area (Å²) in [5.41, 5.74) is -0.0211. The van der Waals surface area contributed by atoms with Gasteiger partial charge >= 0.3 is 7.60 Å². The standard InChI is InChI=1S/C19H21Cl3NO5P/c1-12(14-3-6-16(20)7-4-14)28-23(13(2)24)10-9-19(29(25,26)27)15-5-8-17(21)18(22)11-15/h3-8,11-12,19H,9-10H2,1-2H3,(H2,25,26,27). The second-order valence-electron chi connectivity index (χ2n) is 6.49. The highest BCUT2D eigenvalue weighted by Gasteiger charge is 2.32. The SMILES string of the molecule is CC(=O)N(CCC(c1ccc(Cl)c(Cl)c1)P(=O)(O)O)OC(C)c1ccc(Cl)cc1. The van der Waals surface area contributed by atoms with Crippen LogP contribution in [0.1, 0.15) is 43.2 Å². The average Bonchev–Trinajstić information content (AvgIpc) is 2.63. The van der Waals surface area contributed by atoms with Crippen LogP contribution in [-0.2, 0) is 14.2 Å². The normalized spacial score (nSPS) is 13.8. The summed E-state index contributed by atoms with van der Waals surface area (Å²) in [6.07, 6.45) is -0.496.